The van der Waals surface area contributed by atoms with E-state index in [1.807, 2.05) is 12.1 Å². The molecule has 0 aromatic heterocycles. The molecule has 0 atom stereocenters. The maximum absolute atomic E-state index is 6.38. The molecule has 2 rings (SSSR count). The molecule has 0 unspecified atom stereocenters. The Hall–Kier alpha value is -1.75. The summed E-state index contributed by atoms with van der Waals surface area (Å²) in [6.45, 7) is 10.8. The van der Waals surface area contributed by atoms with Crippen LogP contribution in [0.4, 0.5) is 0 Å². The van der Waals surface area contributed by atoms with Crippen molar-refractivity contribution in [2.75, 3.05) is 6.54 Å². The highest BCUT2D eigenvalue weighted by Gasteiger charge is 2.17. The van der Waals surface area contributed by atoms with Gasteiger partial charge in [-0.05, 0) is 30.4 Å². The van der Waals surface area contributed by atoms with Crippen molar-refractivity contribution in [2.24, 2.45) is 10.9 Å². The van der Waals surface area contributed by atoms with E-state index in [1.165, 1.54) is 16.8 Å². The summed E-state index contributed by atoms with van der Waals surface area (Å²) in [6.07, 6.45) is 2.07. The van der Waals surface area contributed by atoms with Gasteiger partial charge in [0.05, 0.1) is 0 Å². The van der Waals surface area contributed by atoms with Crippen molar-refractivity contribution in [3.63, 3.8) is 0 Å². The summed E-state index contributed by atoms with van der Waals surface area (Å²) in [5, 5.41) is 0. The molecule has 0 spiro atoms. The lowest BCUT2D eigenvalue weighted by atomic mass is 10.1. The topological polar surface area (TPSA) is 30.8 Å². The van der Waals surface area contributed by atoms with Crippen LogP contribution in [0, 0.1) is 5.92 Å². The van der Waals surface area contributed by atoms with Gasteiger partial charge in [-0.25, -0.2) is 0 Å². The van der Waals surface area contributed by atoms with Crippen molar-refractivity contribution in [3.05, 3.63) is 71.8 Å². The maximum atomic E-state index is 6.38. The lowest BCUT2D eigenvalue weighted by Crippen LogP contribution is -2.38. The van der Waals surface area contributed by atoms with Crippen molar-refractivity contribution in [1.82, 2.24) is 0 Å². The average Bonchev–Trinajstić information content (AvgIpc) is 2.70. The van der Waals surface area contributed by atoms with Gasteiger partial charge < -0.3 is 8.85 Å². The first kappa shape index (κ1) is 22.5. The van der Waals surface area contributed by atoms with Gasteiger partial charge in [-0.1, -0.05) is 80.9 Å². The van der Waals surface area contributed by atoms with Gasteiger partial charge in [-0.15, -0.1) is 12.6 Å². The van der Waals surface area contributed by atoms with E-state index in [1.54, 1.807) is 0 Å². The standard InChI is InChI=1S/C24H35NO2Si/c1-21(2)18-22(3)25-16-11-17-28(4,26-19-23-12-7-5-8-13-23)27-20-24-14-9-6-10-15-24/h5-10,12-15,21H,11,16-20H2,1-4H3/q-1. The number of rotatable bonds is 12. The summed E-state index contributed by atoms with van der Waals surface area (Å²) in [5.74, 6) is 0.659. The second-order valence-corrected chi connectivity index (χ2v) is 11.3. The Morgan fingerprint density at radius 2 is 1.39 bits per heavy atom. The van der Waals surface area contributed by atoms with E-state index in [-0.39, 0.29) is 0 Å². The van der Waals surface area contributed by atoms with Crippen LogP contribution in [-0.4, -0.2) is 20.8 Å². The van der Waals surface area contributed by atoms with Crippen molar-refractivity contribution in [3.8, 4) is 0 Å². The molecule has 0 saturated carbocycles. The molecule has 2 aromatic rings. The van der Waals surface area contributed by atoms with Crippen molar-refractivity contribution < 1.29 is 8.85 Å². The van der Waals surface area contributed by atoms with Gasteiger partial charge in [0.15, 0.2) is 0 Å². The molecule has 0 amide bonds. The highest BCUT2D eigenvalue weighted by molar-refractivity contribution is 6.65. The second kappa shape index (κ2) is 11.9. The predicted molar refractivity (Wildman–Crippen MR) is 121 cm³/mol. The fourth-order valence-corrected chi connectivity index (χ4v) is 5.25. The molecule has 0 aliphatic carbocycles. The minimum absolute atomic E-state index is 0.605. The predicted octanol–water partition coefficient (Wildman–Crippen LogP) is 6.39. The molecule has 153 valence electrons. The molecule has 0 N–H and O–H groups in total. The van der Waals surface area contributed by atoms with Crippen LogP contribution in [0.1, 0.15) is 44.7 Å². The van der Waals surface area contributed by atoms with Gasteiger partial charge in [0.2, 0.25) is 0 Å². The van der Waals surface area contributed by atoms with Crippen molar-refractivity contribution in [2.45, 2.75) is 59.4 Å². The molecular formula is C24H35NO2Si-. The van der Waals surface area contributed by atoms with Crippen molar-refractivity contribution >= 4 is 14.3 Å². The third kappa shape index (κ3) is 8.96. The van der Waals surface area contributed by atoms with Gasteiger partial charge in [-0.3, -0.25) is 4.99 Å². The van der Waals surface area contributed by atoms with Crippen LogP contribution in [0.25, 0.3) is 0 Å². The molecular weight excluding hydrogens is 362 g/mol. The zero-order valence-corrected chi connectivity index (χ0v) is 18.9. The lowest BCUT2D eigenvalue weighted by molar-refractivity contribution is 0.157. The Labute approximate surface area is 172 Å². The molecule has 0 saturated heterocycles. The van der Waals surface area contributed by atoms with Gasteiger partial charge >= 0.3 is 0 Å². The Balaban J connectivity index is 1.92. The molecule has 0 aliphatic rings. The molecule has 4 heteroatoms. The Bertz CT molecular complexity index is 658. The summed E-state index contributed by atoms with van der Waals surface area (Å²) in [6, 6.07) is 21.6. The molecule has 2 aromatic carbocycles. The second-order valence-electron chi connectivity index (χ2n) is 8.00. The van der Waals surface area contributed by atoms with Crippen LogP contribution in [0.2, 0.25) is 12.6 Å². The minimum atomic E-state index is -2.29. The molecule has 0 fully saturated rings. The quantitative estimate of drug-likeness (QED) is 0.236. The smallest absolute Gasteiger partial charge is 0.124 e. The maximum Gasteiger partial charge on any atom is 0.124 e. The molecule has 28 heavy (non-hydrogen) atoms. The van der Waals surface area contributed by atoms with Gasteiger partial charge in [0.25, 0.3) is 0 Å². The number of nitrogens with zero attached hydrogens (tertiary/aromatic N) is 1. The average molecular weight is 398 g/mol. The molecule has 0 aliphatic heterocycles. The molecule has 0 radical (unpaired) electrons. The zero-order chi connectivity index (χ0) is 20.2. The van der Waals surface area contributed by atoms with Crippen molar-refractivity contribution in [1.29, 1.82) is 0 Å². The SMILES string of the molecule is CC(CC(C)C)=NCCC[Si-](C)(OCc1ccccc1)OCc1ccccc1. The number of aliphatic imine (C=N–C) groups is 1. The first-order valence-corrected chi connectivity index (χ1v) is 12.8. The third-order valence-electron chi connectivity index (χ3n) is 4.65. The zero-order valence-electron chi connectivity index (χ0n) is 17.9. The summed E-state index contributed by atoms with van der Waals surface area (Å²) >= 11 is 0. The Morgan fingerprint density at radius 3 is 1.86 bits per heavy atom. The van der Waals surface area contributed by atoms with Crippen LogP contribution in [-0.2, 0) is 22.1 Å². The largest absolute Gasteiger partial charge is 0.542 e. The van der Waals surface area contributed by atoms with Crippen LogP contribution in [0.5, 0.6) is 0 Å². The van der Waals surface area contributed by atoms with E-state index >= 15 is 0 Å². The fraction of sp³-hybridized carbons (Fsp3) is 0.458. The van der Waals surface area contributed by atoms with E-state index in [2.05, 4.69) is 75.8 Å². The molecule has 0 heterocycles. The lowest BCUT2D eigenvalue weighted by Gasteiger charge is -2.40. The summed E-state index contributed by atoms with van der Waals surface area (Å²) in [4.78, 5) is 4.73. The van der Waals surface area contributed by atoms with E-state index < -0.39 is 8.56 Å². The minimum Gasteiger partial charge on any atom is -0.542 e. The first-order chi connectivity index (χ1) is 13.5. The number of benzene rings is 2. The highest BCUT2D eigenvalue weighted by atomic mass is 28.4. The summed E-state index contributed by atoms with van der Waals surface area (Å²) in [5.41, 5.74) is 3.62. The van der Waals surface area contributed by atoms with Gasteiger partial charge in [0, 0.05) is 25.5 Å². The van der Waals surface area contributed by atoms with Crippen LogP contribution in [0.3, 0.4) is 0 Å². The third-order valence-corrected chi connectivity index (χ3v) is 7.42. The fourth-order valence-electron chi connectivity index (χ4n) is 3.13. The van der Waals surface area contributed by atoms with Gasteiger partial charge in [-0.2, -0.15) is 0 Å². The monoisotopic (exact) mass is 397 g/mol. The van der Waals surface area contributed by atoms with E-state index in [4.69, 9.17) is 13.8 Å². The summed E-state index contributed by atoms with van der Waals surface area (Å²) < 4.78 is 12.8. The number of hydrogen-bond acceptors (Lipinski definition) is 3. The van der Waals surface area contributed by atoms with Gasteiger partial charge in [0.1, 0.15) is 8.56 Å². The number of hydrogen-bond donors (Lipinski definition) is 0. The Kier molecular flexibility index (Phi) is 9.62. The Morgan fingerprint density at radius 1 is 0.893 bits per heavy atom. The molecule has 0 bridgehead atoms. The summed E-state index contributed by atoms with van der Waals surface area (Å²) in [7, 11) is -2.29. The van der Waals surface area contributed by atoms with E-state index in [0.717, 1.165) is 25.4 Å². The van der Waals surface area contributed by atoms with Crippen LogP contribution < -0.4 is 0 Å². The highest BCUT2D eigenvalue weighted by Crippen LogP contribution is 2.20. The van der Waals surface area contributed by atoms with E-state index in [9.17, 15) is 0 Å². The normalized spacial score (nSPS) is 12.5. The first-order valence-electron chi connectivity index (χ1n) is 10.3. The van der Waals surface area contributed by atoms with Crippen LogP contribution >= 0.6 is 0 Å². The van der Waals surface area contributed by atoms with Crippen LogP contribution in [0.15, 0.2) is 65.7 Å². The molecule has 3 nitrogen and oxygen atoms in total. The van der Waals surface area contributed by atoms with E-state index in [0.29, 0.717) is 19.1 Å².